The Bertz CT molecular complexity index is 464. The Kier molecular flexibility index (Phi) is 3.48. The second kappa shape index (κ2) is 4.86. The van der Waals surface area contributed by atoms with Crippen LogP contribution in [0.25, 0.3) is 0 Å². The number of hydrazine groups is 1. The van der Waals surface area contributed by atoms with Gasteiger partial charge >= 0.3 is 0 Å². The Morgan fingerprint density at radius 2 is 2.12 bits per heavy atom. The third-order valence-electron chi connectivity index (χ3n) is 2.49. The van der Waals surface area contributed by atoms with Gasteiger partial charge in [-0.15, -0.1) is 0 Å². The minimum atomic E-state index is -0.196. The van der Waals surface area contributed by atoms with E-state index in [0.29, 0.717) is 0 Å². The van der Waals surface area contributed by atoms with Gasteiger partial charge < -0.3 is 8.83 Å². The lowest BCUT2D eigenvalue weighted by molar-refractivity contribution is 0.439. The second-order valence-corrected chi connectivity index (χ2v) is 4.24. The largest absolute Gasteiger partial charge is 0.469 e. The van der Waals surface area contributed by atoms with Crippen LogP contribution in [0.1, 0.15) is 30.0 Å². The van der Waals surface area contributed by atoms with Crippen LogP contribution in [0.15, 0.2) is 38.0 Å². The van der Waals surface area contributed by atoms with Gasteiger partial charge in [0.05, 0.1) is 17.0 Å². The summed E-state index contributed by atoms with van der Waals surface area (Å²) < 4.78 is 11.7. The van der Waals surface area contributed by atoms with Crippen LogP contribution >= 0.6 is 15.9 Å². The van der Waals surface area contributed by atoms with Gasteiger partial charge in [-0.25, -0.2) is 5.43 Å². The fraction of sp³-hybridized carbons (Fsp3) is 0.273. The zero-order valence-electron chi connectivity index (χ0n) is 8.87. The Morgan fingerprint density at radius 3 is 2.69 bits per heavy atom. The summed E-state index contributed by atoms with van der Waals surface area (Å²) >= 11 is 3.42. The van der Waals surface area contributed by atoms with Gasteiger partial charge in [0, 0.05) is 12.0 Å². The van der Waals surface area contributed by atoms with Crippen LogP contribution in [0.2, 0.25) is 0 Å². The predicted molar refractivity (Wildman–Crippen MR) is 63.7 cm³/mol. The first kappa shape index (κ1) is 11.4. The maximum atomic E-state index is 5.58. The molecule has 0 aliphatic heterocycles. The number of halogens is 1. The summed E-state index contributed by atoms with van der Waals surface area (Å²) in [6.45, 7) is 2.03. The number of rotatable bonds is 4. The van der Waals surface area contributed by atoms with Crippen LogP contribution in [-0.4, -0.2) is 0 Å². The van der Waals surface area contributed by atoms with E-state index < -0.39 is 0 Å². The second-order valence-electron chi connectivity index (χ2n) is 3.39. The van der Waals surface area contributed by atoms with Crippen LogP contribution < -0.4 is 11.3 Å². The summed E-state index contributed by atoms with van der Waals surface area (Å²) in [5, 5.41) is 0. The molecule has 2 rings (SSSR count). The van der Waals surface area contributed by atoms with Gasteiger partial charge in [-0.1, -0.05) is 6.92 Å². The lowest BCUT2D eigenvalue weighted by Gasteiger charge is -2.13. The lowest BCUT2D eigenvalue weighted by Crippen LogP contribution is -2.29. The van der Waals surface area contributed by atoms with Crippen molar-refractivity contribution in [3.05, 3.63) is 46.2 Å². The first-order chi connectivity index (χ1) is 7.77. The van der Waals surface area contributed by atoms with Gasteiger partial charge in [0.2, 0.25) is 0 Å². The number of nitrogens with two attached hydrogens (primary N) is 1. The molecule has 0 aliphatic carbocycles. The molecule has 0 saturated carbocycles. The van der Waals surface area contributed by atoms with E-state index in [9.17, 15) is 0 Å². The highest BCUT2D eigenvalue weighted by Crippen LogP contribution is 2.31. The molecule has 0 radical (unpaired) electrons. The van der Waals surface area contributed by atoms with Crippen molar-refractivity contribution in [1.82, 2.24) is 5.43 Å². The Morgan fingerprint density at radius 1 is 1.38 bits per heavy atom. The molecule has 3 N–H and O–H groups in total. The quantitative estimate of drug-likeness (QED) is 0.669. The number of hydrogen-bond acceptors (Lipinski definition) is 4. The maximum Gasteiger partial charge on any atom is 0.140 e. The molecule has 0 saturated heterocycles. The minimum Gasteiger partial charge on any atom is -0.469 e. The van der Waals surface area contributed by atoms with Crippen LogP contribution in [0, 0.1) is 0 Å². The van der Waals surface area contributed by atoms with E-state index >= 15 is 0 Å². The third kappa shape index (κ3) is 1.93. The van der Waals surface area contributed by atoms with Crippen molar-refractivity contribution in [1.29, 1.82) is 0 Å². The smallest absolute Gasteiger partial charge is 0.140 e. The monoisotopic (exact) mass is 284 g/mol. The van der Waals surface area contributed by atoms with Crippen molar-refractivity contribution in [3.8, 4) is 0 Å². The molecular formula is C11H13BrN2O2. The van der Waals surface area contributed by atoms with Crippen molar-refractivity contribution in [2.45, 2.75) is 19.4 Å². The molecule has 1 atom stereocenters. The van der Waals surface area contributed by atoms with Crippen molar-refractivity contribution >= 4 is 15.9 Å². The average molecular weight is 285 g/mol. The third-order valence-corrected chi connectivity index (χ3v) is 3.14. The Balaban J connectivity index is 2.40. The lowest BCUT2D eigenvalue weighted by atomic mass is 10.0. The van der Waals surface area contributed by atoms with Crippen LogP contribution in [0.4, 0.5) is 0 Å². The first-order valence-electron chi connectivity index (χ1n) is 5.03. The van der Waals surface area contributed by atoms with Crippen LogP contribution in [-0.2, 0) is 6.42 Å². The van der Waals surface area contributed by atoms with Crippen molar-refractivity contribution < 1.29 is 8.83 Å². The van der Waals surface area contributed by atoms with E-state index in [0.717, 1.165) is 28.0 Å². The van der Waals surface area contributed by atoms with Crippen molar-refractivity contribution in [3.63, 3.8) is 0 Å². The number of nitrogens with one attached hydrogen (secondary N) is 1. The number of aryl methyl sites for hydroxylation is 1. The summed E-state index contributed by atoms with van der Waals surface area (Å²) in [6.07, 6.45) is 4.10. The molecule has 0 bridgehead atoms. The van der Waals surface area contributed by atoms with Gasteiger partial charge in [-0.2, -0.15) is 0 Å². The molecule has 2 heterocycles. The maximum absolute atomic E-state index is 5.58. The average Bonchev–Trinajstić information content (AvgIpc) is 2.90. The first-order valence-corrected chi connectivity index (χ1v) is 5.82. The van der Waals surface area contributed by atoms with Gasteiger partial charge in [-0.05, 0) is 28.1 Å². The van der Waals surface area contributed by atoms with E-state index in [1.165, 1.54) is 0 Å². The highest BCUT2D eigenvalue weighted by atomic mass is 79.9. The molecule has 16 heavy (non-hydrogen) atoms. The normalized spacial score (nSPS) is 12.9. The summed E-state index contributed by atoms with van der Waals surface area (Å²) in [5.41, 5.74) is 3.74. The molecule has 4 nitrogen and oxygen atoms in total. The molecular weight excluding hydrogens is 272 g/mol. The molecule has 0 aliphatic rings. The Labute approximate surface area is 102 Å². The molecule has 1 unspecified atom stereocenters. The predicted octanol–water partition coefficient (Wildman–Crippen LogP) is 2.75. The van der Waals surface area contributed by atoms with E-state index in [2.05, 4.69) is 21.4 Å². The molecule has 2 aromatic rings. The molecule has 86 valence electrons. The SMILES string of the molecule is CCc1occc1C(NN)c1occc1Br. The van der Waals surface area contributed by atoms with Gasteiger partial charge in [0.1, 0.15) is 17.6 Å². The van der Waals surface area contributed by atoms with E-state index in [-0.39, 0.29) is 6.04 Å². The molecule has 2 aromatic heterocycles. The standard InChI is InChI=1S/C11H13BrN2O2/c1-2-9-7(3-5-15-9)10(14-13)11-8(12)4-6-16-11/h3-6,10,14H,2,13H2,1H3. The highest BCUT2D eigenvalue weighted by Gasteiger charge is 2.22. The van der Waals surface area contributed by atoms with Crippen LogP contribution in [0.5, 0.6) is 0 Å². The number of furan rings is 2. The van der Waals surface area contributed by atoms with Gasteiger partial charge in [0.15, 0.2) is 0 Å². The minimum absolute atomic E-state index is 0.196. The molecule has 0 amide bonds. The van der Waals surface area contributed by atoms with E-state index in [4.69, 9.17) is 14.7 Å². The summed E-state index contributed by atoms with van der Waals surface area (Å²) in [5.74, 6) is 7.23. The molecule has 0 spiro atoms. The van der Waals surface area contributed by atoms with Crippen molar-refractivity contribution in [2.75, 3.05) is 0 Å². The summed E-state index contributed by atoms with van der Waals surface area (Å²) in [7, 11) is 0. The van der Waals surface area contributed by atoms with Crippen molar-refractivity contribution in [2.24, 2.45) is 5.84 Å². The van der Waals surface area contributed by atoms with E-state index in [1.54, 1.807) is 12.5 Å². The summed E-state index contributed by atoms with van der Waals surface area (Å²) in [6, 6.07) is 3.54. The summed E-state index contributed by atoms with van der Waals surface area (Å²) in [4.78, 5) is 0. The van der Waals surface area contributed by atoms with Gasteiger partial charge in [-0.3, -0.25) is 5.84 Å². The van der Waals surface area contributed by atoms with Crippen LogP contribution in [0.3, 0.4) is 0 Å². The molecule has 0 aromatic carbocycles. The Hall–Kier alpha value is -1.04. The topological polar surface area (TPSA) is 64.3 Å². The van der Waals surface area contributed by atoms with Gasteiger partial charge in [0.25, 0.3) is 0 Å². The zero-order valence-corrected chi connectivity index (χ0v) is 10.5. The highest BCUT2D eigenvalue weighted by molar-refractivity contribution is 9.10. The zero-order chi connectivity index (χ0) is 11.5. The fourth-order valence-electron chi connectivity index (χ4n) is 1.71. The van der Waals surface area contributed by atoms with E-state index in [1.807, 2.05) is 19.1 Å². The fourth-order valence-corrected chi connectivity index (χ4v) is 2.14. The molecule has 0 fully saturated rings. The molecule has 5 heteroatoms. The number of hydrogen-bond donors (Lipinski definition) is 2.